The van der Waals surface area contributed by atoms with Crippen molar-refractivity contribution in [3.05, 3.63) is 61.6 Å². The lowest BCUT2D eigenvalue weighted by atomic mass is 9.82. The van der Waals surface area contributed by atoms with Crippen LogP contribution in [0.2, 0.25) is 15.1 Å². The van der Waals surface area contributed by atoms with Gasteiger partial charge in [0, 0.05) is 24.2 Å². The number of carbonyl (C=O) groups is 2. The molecule has 0 saturated carbocycles. The summed E-state index contributed by atoms with van der Waals surface area (Å²) in [4.78, 5) is 28.3. The van der Waals surface area contributed by atoms with Crippen LogP contribution < -0.4 is 4.90 Å². The summed E-state index contributed by atoms with van der Waals surface area (Å²) < 4.78 is 0. The standard InChI is InChI=1S/C19H14Cl3NO2/c20-14-12-13(19(25)11-7-3-2-6-10(11)18(12)24)17(16(22)15(14)21)23-8-4-1-5-9-23/h2-3,6-7H,1,4-5,8-9H2. The molecule has 0 radical (unpaired) electrons. The predicted octanol–water partition coefficient (Wildman–Crippen LogP) is 5.41. The van der Waals surface area contributed by atoms with Gasteiger partial charge in [-0.1, -0.05) is 59.1 Å². The first kappa shape index (κ1) is 16.9. The molecule has 2 aromatic rings. The molecule has 2 aromatic carbocycles. The van der Waals surface area contributed by atoms with Crippen molar-refractivity contribution in [3.8, 4) is 0 Å². The minimum Gasteiger partial charge on any atom is -0.370 e. The zero-order valence-electron chi connectivity index (χ0n) is 13.2. The SMILES string of the molecule is O=C1c2ccccc2C(=O)c2c1c(Cl)c(Cl)c(Cl)c2N1CCCCC1. The Hall–Kier alpha value is -1.55. The van der Waals surface area contributed by atoms with Crippen LogP contribution >= 0.6 is 34.8 Å². The topological polar surface area (TPSA) is 37.4 Å². The molecule has 0 bridgehead atoms. The van der Waals surface area contributed by atoms with Gasteiger partial charge in [0.1, 0.15) is 0 Å². The zero-order valence-corrected chi connectivity index (χ0v) is 15.5. The van der Waals surface area contributed by atoms with Crippen LogP contribution in [0, 0.1) is 0 Å². The van der Waals surface area contributed by atoms with E-state index in [4.69, 9.17) is 34.8 Å². The van der Waals surface area contributed by atoms with Gasteiger partial charge in [-0.05, 0) is 19.3 Å². The van der Waals surface area contributed by atoms with Crippen LogP contribution in [0.5, 0.6) is 0 Å². The number of halogens is 3. The first-order valence-electron chi connectivity index (χ1n) is 8.16. The number of ketones is 2. The molecule has 3 nitrogen and oxygen atoms in total. The fraction of sp³-hybridized carbons (Fsp3) is 0.263. The fourth-order valence-electron chi connectivity index (χ4n) is 3.65. The molecule has 2 aliphatic rings. The highest BCUT2D eigenvalue weighted by atomic mass is 35.5. The van der Waals surface area contributed by atoms with Crippen LogP contribution in [0.25, 0.3) is 0 Å². The number of anilines is 1. The van der Waals surface area contributed by atoms with E-state index in [0.29, 0.717) is 16.8 Å². The zero-order chi connectivity index (χ0) is 17.7. The third-order valence-electron chi connectivity index (χ3n) is 4.84. The van der Waals surface area contributed by atoms with Gasteiger partial charge < -0.3 is 4.90 Å². The highest BCUT2D eigenvalue weighted by Gasteiger charge is 2.37. The number of nitrogens with zero attached hydrogens (tertiary/aromatic N) is 1. The molecule has 6 heteroatoms. The number of benzene rings is 2. The second-order valence-corrected chi connectivity index (χ2v) is 7.43. The van der Waals surface area contributed by atoms with Crippen molar-refractivity contribution in [3.63, 3.8) is 0 Å². The van der Waals surface area contributed by atoms with Gasteiger partial charge in [-0.25, -0.2) is 0 Å². The van der Waals surface area contributed by atoms with E-state index >= 15 is 0 Å². The molecule has 4 rings (SSSR count). The quantitative estimate of drug-likeness (QED) is 0.518. The molecular weight excluding hydrogens is 381 g/mol. The largest absolute Gasteiger partial charge is 0.370 e. The fourth-order valence-corrected chi connectivity index (χ4v) is 4.46. The Kier molecular flexibility index (Phi) is 4.27. The highest BCUT2D eigenvalue weighted by Crippen LogP contribution is 2.47. The van der Waals surface area contributed by atoms with Crippen LogP contribution in [0.3, 0.4) is 0 Å². The number of carbonyl (C=O) groups excluding carboxylic acids is 2. The lowest BCUT2D eigenvalue weighted by Gasteiger charge is -2.33. The van der Waals surface area contributed by atoms with E-state index < -0.39 is 0 Å². The molecule has 0 atom stereocenters. The molecule has 1 aliphatic heterocycles. The first-order chi connectivity index (χ1) is 12.0. The molecule has 0 unspecified atom stereocenters. The Morgan fingerprint density at radius 2 is 1.28 bits per heavy atom. The highest BCUT2D eigenvalue weighted by molar-refractivity contribution is 6.52. The smallest absolute Gasteiger partial charge is 0.196 e. The van der Waals surface area contributed by atoms with Gasteiger partial charge in [-0.3, -0.25) is 9.59 Å². The lowest BCUT2D eigenvalue weighted by Crippen LogP contribution is -2.33. The predicted molar refractivity (Wildman–Crippen MR) is 101 cm³/mol. The van der Waals surface area contributed by atoms with E-state index in [1.54, 1.807) is 24.3 Å². The molecule has 0 N–H and O–H groups in total. The summed E-state index contributed by atoms with van der Waals surface area (Å²) >= 11 is 19.2. The van der Waals surface area contributed by atoms with Gasteiger partial charge in [-0.15, -0.1) is 0 Å². The maximum absolute atomic E-state index is 13.2. The summed E-state index contributed by atoms with van der Waals surface area (Å²) in [6.07, 6.45) is 3.14. The molecule has 1 heterocycles. The van der Waals surface area contributed by atoms with Crippen molar-refractivity contribution in [2.24, 2.45) is 0 Å². The van der Waals surface area contributed by atoms with Crippen LogP contribution in [0.1, 0.15) is 51.1 Å². The van der Waals surface area contributed by atoms with Crippen molar-refractivity contribution in [2.75, 3.05) is 18.0 Å². The molecule has 1 fully saturated rings. The molecule has 1 saturated heterocycles. The lowest BCUT2D eigenvalue weighted by molar-refractivity contribution is 0.0979. The van der Waals surface area contributed by atoms with E-state index in [1.165, 1.54) is 0 Å². The van der Waals surface area contributed by atoms with Crippen LogP contribution in [0.15, 0.2) is 24.3 Å². The van der Waals surface area contributed by atoms with Gasteiger partial charge in [-0.2, -0.15) is 0 Å². The van der Waals surface area contributed by atoms with Crippen LogP contribution in [-0.4, -0.2) is 24.7 Å². The number of piperidine rings is 1. The number of hydrogen-bond donors (Lipinski definition) is 0. The molecule has 0 spiro atoms. The van der Waals surface area contributed by atoms with E-state index in [9.17, 15) is 9.59 Å². The van der Waals surface area contributed by atoms with Crippen LogP contribution in [-0.2, 0) is 0 Å². The summed E-state index contributed by atoms with van der Waals surface area (Å²) in [7, 11) is 0. The van der Waals surface area contributed by atoms with Crippen molar-refractivity contribution in [1.29, 1.82) is 0 Å². The summed E-state index contributed by atoms with van der Waals surface area (Å²) in [6, 6.07) is 6.77. The van der Waals surface area contributed by atoms with Crippen molar-refractivity contribution < 1.29 is 9.59 Å². The molecule has 25 heavy (non-hydrogen) atoms. The maximum Gasteiger partial charge on any atom is 0.196 e. The van der Waals surface area contributed by atoms with Gasteiger partial charge in [0.2, 0.25) is 0 Å². The van der Waals surface area contributed by atoms with E-state index in [1.807, 2.05) is 4.90 Å². The van der Waals surface area contributed by atoms with E-state index in [-0.39, 0.29) is 37.8 Å². The molecule has 1 aliphatic carbocycles. The summed E-state index contributed by atoms with van der Waals surface area (Å²) in [5.74, 6) is -0.515. The van der Waals surface area contributed by atoms with Crippen molar-refractivity contribution in [2.45, 2.75) is 19.3 Å². The minimum atomic E-state index is -0.285. The molecule has 0 amide bonds. The van der Waals surface area contributed by atoms with Crippen LogP contribution in [0.4, 0.5) is 5.69 Å². The summed E-state index contributed by atoms with van der Waals surface area (Å²) in [5, 5.41) is 0.423. The molecular formula is C19H14Cl3NO2. The minimum absolute atomic E-state index is 0.0512. The number of rotatable bonds is 1. The van der Waals surface area contributed by atoms with Gasteiger partial charge >= 0.3 is 0 Å². The normalized spacial score (nSPS) is 16.7. The van der Waals surface area contributed by atoms with E-state index in [2.05, 4.69) is 0 Å². The average Bonchev–Trinajstić information content (AvgIpc) is 2.65. The Morgan fingerprint density at radius 1 is 0.720 bits per heavy atom. The third kappa shape index (κ3) is 2.49. The number of fused-ring (bicyclic) bond motifs is 2. The second-order valence-electron chi connectivity index (χ2n) is 6.29. The number of hydrogen-bond acceptors (Lipinski definition) is 3. The summed E-state index contributed by atoms with van der Waals surface area (Å²) in [5.41, 5.74) is 1.72. The van der Waals surface area contributed by atoms with Crippen molar-refractivity contribution >= 4 is 52.1 Å². The molecule has 128 valence electrons. The average molecular weight is 395 g/mol. The Morgan fingerprint density at radius 3 is 1.88 bits per heavy atom. The third-order valence-corrected chi connectivity index (χ3v) is 6.16. The monoisotopic (exact) mass is 393 g/mol. The first-order valence-corrected chi connectivity index (χ1v) is 9.29. The Bertz CT molecular complexity index is 917. The Labute approximate surface area is 160 Å². The Balaban J connectivity index is 2.04. The van der Waals surface area contributed by atoms with E-state index in [0.717, 1.165) is 32.4 Å². The molecule has 0 aromatic heterocycles. The maximum atomic E-state index is 13.2. The van der Waals surface area contributed by atoms with Crippen molar-refractivity contribution in [1.82, 2.24) is 0 Å². The van der Waals surface area contributed by atoms with Gasteiger partial charge in [0.25, 0.3) is 0 Å². The van der Waals surface area contributed by atoms with Gasteiger partial charge in [0.05, 0.1) is 31.9 Å². The van der Waals surface area contributed by atoms with Gasteiger partial charge in [0.15, 0.2) is 11.6 Å². The second kappa shape index (κ2) is 6.31. The summed E-state index contributed by atoms with van der Waals surface area (Å²) in [6.45, 7) is 1.54.